The molecule has 0 N–H and O–H groups in total. The van der Waals surface area contributed by atoms with Gasteiger partial charge in [0.05, 0.1) is 11.6 Å². The Hall–Kier alpha value is -1.13. The molecule has 0 aliphatic heterocycles. The summed E-state index contributed by atoms with van der Waals surface area (Å²) in [6.45, 7) is 2.61. The highest BCUT2D eigenvalue weighted by Gasteiger charge is 2.00. The molecule has 1 rings (SSSR count). The maximum absolute atomic E-state index is 5.98. The van der Waals surface area contributed by atoms with Gasteiger partial charge in [0, 0.05) is 6.42 Å². The minimum Gasteiger partial charge on any atom is -0.492 e. The van der Waals surface area contributed by atoms with Crippen LogP contribution in [0.2, 0.25) is 5.02 Å². The number of halogens is 1. The molecule has 0 aliphatic rings. The van der Waals surface area contributed by atoms with Gasteiger partial charge in [-0.3, -0.25) is 0 Å². The lowest BCUT2D eigenvalue weighted by molar-refractivity contribution is 0.313. The molecule has 0 fully saturated rings. The molecule has 0 unspecified atom stereocenters. The van der Waals surface area contributed by atoms with Crippen LogP contribution in [0.15, 0.2) is 18.2 Å². The number of aryl methyl sites for hydroxylation is 1. The van der Waals surface area contributed by atoms with Crippen molar-refractivity contribution in [2.75, 3.05) is 6.61 Å². The van der Waals surface area contributed by atoms with Crippen molar-refractivity contribution in [2.24, 2.45) is 0 Å². The zero-order valence-corrected chi connectivity index (χ0v) is 8.97. The fourth-order valence-electron chi connectivity index (χ4n) is 1.08. The van der Waals surface area contributed by atoms with Gasteiger partial charge in [0.15, 0.2) is 0 Å². The molecule has 0 atom stereocenters. The van der Waals surface area contributed by atoms with Gasteiger partial charge in [-0.1, -0.05) is 17.7 Å². The van der Waals surface area contributed by atoms with Crippen LogP contribution in [0.4, 0.5) is 0 Å². The second-order valence-corrected chi connectivity index (χ2v) is 3.50. The van der Waals surface area contributed by atoms with Gasteiger partial charge in [-0.2, -0.15) is 0 Å². The molecule has 0 aromatic heterocycles. The number of unbranched alkanes of at least 4 members (excludes halogenated alkanes) is 1. The van der Waals surface area contributed by atoms with E-state index in [1.165, 1.54) is 0 Å². The lowest BCUT2D eigenvalue weighted by Crippen LogP contribution is -1.97. The Morgan fingerprint density at radius 2 is 2.29 bits per heavy atom. The normalized spacial score (nSPS) is 9.50. The van der Waals surface area contributed by atoms with E-state index in [2.05, 4.69) is 5.92 Å². The Morgan fingerprint density at radius 1 is 1.50 bits per heavy atom. The Labute approximate surface area is 90.0 Å². The molecule has 0 bridgehead atoms. The third kappa shape index (κ3) is 3.32. The van der Waals surface area contributed by atoms with Crippen molar-refractivity contribution in [1.29, 1.82) is 0 Å². The molecule has 0 aliphatic carbocycles. The topological polar surface area (TPSA) is 9.23 Å². The van der Waals surface area contributed by atoms with E-state index in [1.807, 2.05) is 25.1 Å². The van der Waals surface area contributed by atoms with Gasteiger partial charge in [-0.05, 0) is 31.0 Å². The van der Waals surface area contributed by atoms with E-state index in [9.17, 15) is 0 Å². The molecule has 1 nitrogen and oxygen atoms in total. The summed E-state index contributed by atoms with van der Waals surface area (Å²) in [5.74, 6) is 3.30. The van der Waals surface area contributed by atoms with E-state index in [1.54, 1.807) is 0 Å². The Bertz CT molecular complexity index is 339. The molecule has 0 radical (unpaired) electrons. The van der Waals surface area contributed by atoms with Crippen LogP contribution in [0, 0.1) is 19.3 Å². The van der Waals surface area contributed by atoms with Gasteiger partial charge in [0.25, 0.3) is 0 Å². The van der Waals surface area contributed by atoms with Crippen LogP contribution in [0.1, 0.15) is 18.4 Å². The molecule has 1 aromatic carbocycles. The van der Waals surface area contributed by atoms with Crippen LogP contribution in [-0.2, 0) is 0 Å². The van der Waals surface area contributed by atoms with Gasteiger partial charge in [0.2, 0.25) is 0 Å². The summed E-state index contributed by atoms with van der Waals surface area (Å²) in [5.41, 5.74) is 1.13. The number of hydrogen-bond donors (Lipinski definition) is 0. The maximum atomic E-state index is 5.98. The first-order valence-corrected chi connectivity index (χ1v) is 4.94. The smallest absolute Gasteiger partial charge is 0.137 e. The lowest BCUT2D eigenvalue weighted by atomic mass is 10.2. The average molecular weight is 209 g/mol. The van der Waals surface area contributed by atoms with Crippen LogP contribution < -0.4 is 4.74 Å². The highest BCUT2D eigenvalue weighted by molar-refractivity contribution is 6.32. The van der Waals surface area contributed by atoms with Crippen molar-refractivity contribution in [3.63, 3.8) is 0 Å². The Morgan fingerprint density at radius 3 is 2.93 bits per heavy atom. The molecule has 0 amide bonds. The van der Waals surface area contributed by atoms with Crippen LogP contribution in [0.25, 0.3) is 0 Å². The summed E-state index contributed by atoms with van der Waals surface area (Å²) in [5, 5.41) is 0.658. The fraction of sp³-hybridized carbons (Fsp3) is 0.333. The second-order valence-electron chi connectivity index (χ2n) is 3.09. The molecule has 0 heterocycles. The number of terminal acetylenes is 1. The van der Waals surface area contributed by atoms with Crippen molar-refractivity contribution in [2.45, 2.75) is 19.8 Å². The van der Waals surface area contributed by atoms with Crippen LogP contribution >= 0.6 is 11.6 Å². The fourth-order valence-corrected chi connectivity index (χ4v) is 1.37. The van der Waals surface area contributed by atoms with Crippen molar-refractivity contribution < 1.29 is 4.74 Å². The minimum atomic E-state index is 0.618. The van der Waals surface area contributed by atoms with Gasteiger partial charge in [-0.15, -0.1) is 12.3 Å². The van der Waals surface area contributed by atoms with Crippen LogP contribution in [0.5, 0.6) is 5.75 Å². The molecular formula is C12H13ClO. The summed E-state index contributed by atoms with van der Waals surface area (Å²) in [6, 6.07) is 5.74. The zero-order chi connectivity index (χ0) is 10.4. The largest absolute Gasteiger partial charge is 0.492 e. The first-order chi connectivity index (χ1) is 6.74. The lowest BCUT2D eigenvalue weighted by Gasteiger charge is -2.07. The van der Waals surface area contributed by atoms with Crippen LogP contribution in [-0.4, -0.2) is 6.61 Å². The van der Waals surface area contributed by atoms with Crippen molar-refractivity contribution in [3.8, 4) is 18.1 Å². The molecule has 0 saturated carbocycles. The number of benzene rings is 1. The van der Waals surface area contributed by atoms with E-state index < -0.39 is 0 Å². The summed E-state index contributed by atoms with van der Waals surface area (Å²) < 4.78 is 5.47. The van der Waals surface area contributed by atoms with E-state index in [4.69, 9.17) is 22.8 Å². The SMILES string of the molecule is C#CCCCOc1ccc(C)cc1Cl. The van der Waals surface area contributed by atoms with Crippen molar-refractivity contribution in [1.82, 2.24) is 0 Å². The molecule has 2 heteroatoms. The highest BCUT2D eigenvalue weighted by Crippen LogP contribution is 2.25. The maximum Gasteiger partial charge on any atom is 0.137 e. The van der Waals surface area contributed by atoms with Crippen LogP contribution in [0.3, 0.4) is 0 Å². The molecular weight excluding hydrogens is 196 g/mol. The third-order valence-electron chi connectivity index (χ3n) is 1.81. The average Bonchev–Trinajstić information content (AvgIpc) is 2.15. The van der Waals surface area contributed by atoms with Crippen molar-refractivity contribution >= 4 is 11.6 Å². The summed E-state index contributed by atoms with van der Waals surface area (Å²) in [6.07, 6.45) is 6.73. The first-order valence-electron chi connectivity index (χ1n) is 4.56. The highest BCUT2D eigenvalue weighted by atomic mass is 35.5. The predicted molar refractivity (Wildman–Crippen MR) is 59.8 cm³/mol. The molecule has 0 spiro atoms. The summed E-state index contributed by atoms with van der Waals surface area (Å²) in [4.78, 5) is 0. The summed E-state index contributed by atoms with van der Waals surface area (Å²) >= 11 is 5.98. The van der Waals surface area contributed by atoms with Crippen molar-refractivity contribution in [3.05, 3.63) is 28.8 Å². The van der Waals surface area contributed by atoms with Gasteiger partial charge in [-0.25, -0.2) is 0 Å². The molecule has 14 heavy (non-hydrogen) atoms. The monoisotopic (exact) mass is 208 g/mol. The van der Waals surface area contributed by atoms with E-state index in [0.717, 1.165) is 24.2 Å². The Kier molecular flexibility index (Phi) is 4.35. The molecule has 1 aromatic rings. The minimum absolute atomic E-state index is 0.618. The predicted octanol–water partition coefficient (Wildman–Crippen LogP) is 3.44. The molecule has 0 saturated heterocycles. The summed E-state index contributed by atoms with van der Waals surface area (Å²) in [7, 11) is 0. The third-order valence-corrected chi connectivity index (χ3v) is 2.11. The zero-order valence-electron chi connectivity index (χ0n) is 8.22. The number of hydrogen-bond acceptors (Lipinski definition) is 1. The standard InChI is InChI=1S/C12H13ClO/c1-3-4-5-8-14-12-7-6-10(2)9-11(12)13/h1,6-7,9H,4-5,8H2,2H3. The Balaban J connectivity index is 2.47. The van der Waals surface area contributed by atoms with E-state index in [-0.39, 0.29) is 0 Å². The number of ether oxygens (including phenoxy) is 1. The van der Waals surface area contributed by atoms with E-state index in [0.29, 0.717) is 11.6 Å². The van der Waals surface area contributed by atoms with Gasteiger partial charge >= 0.3 is 0 Å². The van der Waals surface area contributed by atoms with E-state index >= 15 is 0 Å². The number of rotatable bonds is 4. The second kappa shape index (κ2) is 5.57. The molecule has 74 valence electrons. The quantitative estimate of drug-likeness (QED) is 0.544. The first kappa shape index (κ1) is 10.9. The van der Waals surface area contributed by atoms with Gasteiger partial charge in [0.1, 0.15) is 5.75 Å². The van der Waals surface area contributed by atoms with Gasteiger partial charge < -0.3 is 4.74 Å².